The Morgan fingerprint density at radius 3 is 2.31 bits per heavy atom. The summed E-state index contributed by atoms with van der Waals surface area (Å²) < 4.78 is 1.35. The van der Waals surface area contributed by atoms with E-state index < -0.39 is 5.97 Å². The molecule has 0 aliphatic heterocycles. The van der Waals surface area contributed by atoms with Crippen LogP contribution in [0.25, 0.3) is 0 Å². The number of carboxylic acid groups (broad SMARTS) is 1. The topological polar surface area (TPSA) is 57.5 Å². The Morgan fingerprint density at radius 1 is 1.31 bits per heavy atom. The third-order valence-electron chi connectivity index (χ3n) is 1.26. The molecule has 1 radical (unpaired) electrons. The zero-order valence-corrected chi connectivity index (χ0v) is 14.2. The normalized spacial score (nSPS) is 9.08. The van der Waals surface area contributed by atoms with Gasteiger partial charge in [0.15, 0.2) is 0 Å². The van der Waals surface area contributed by atoms with Crippen LogP contribution in [0.3, 0.4) is 0 Å². The maximum atomic E-state index is 10.6. The summed E-state index contributed by atoms with van der Waals surface area (Å²) in [7, 11) is 0. The number of benzene rings is 1. The van der Waals surface area contributed by atoms with Crippen molar-refractivity contribution < 1.29 is 15.0 Å². The average Bonchev–Trinajstić information content (AvgIpc) is 1.96. The van der Waals surface area contributed by atoms with E-state index in [-0.39, 0.29) is 62.7 Å². The number of hydrogen-bond acceptors (Lipinski definition) is 2. The van der Waals surface area contributed by atoms with E-state index in [9.17, 15) is 9.90 Å². The SMILES string of the molecule is O=C(O)c1cc(I)cc(I)c1O.[K]. The second-order valence-corrected chi connectivity index (χ2v) is 4.50. The van der Waals surface area contributed by atoms with Crippen LogP contribution in [0.4, 0.5) is 0 Å². The minimum atomic E-state index is -1.11. The minimum absolute atomic E-state index is 0. The number of halogens is 2. The van der Waals surface area contributed by atoms with E-state index in [0.717, 1.165) is 3.57 Å². The van der Waals surface area contributed by atoms with Crippen LogP contribution in [-0.4, -0.2) is 67.6 Å². The number of rotatable bonds is 1. The van der Waals surface area contributed by atoms with Crippen molar-refractivity contribution in [3.8, 4) is 5.75 Å². The van der Waals surface area contributed by atoms with Crippen molar-refractivity contribution >= 4 is 103 Å². The molecule has 6 heteroatoms. The van der Waals surface area contributed by atoms with Gasteiger partial charge in [-0.25, -0.2) is 4.79 Å². The summed E-state index contributed by atoms with van der Waals surface area (Å²) in [5.74, 6) is -1.27. The summed E-state index contributed by atoms with van der Waals surface area (Å²) in [6.45, 7) is 0. The van der Waals surface area contributed by atoms with Crippen LogP contribution in [0.2, 0.25) is 0 Å². The fraction of sp³-hybridized carbons (Fsp3) is 0. The maximum Gasteiger partial charge on any atom is 0.339 e. The van der Waals surface area contributed by atoms with Crippen molar-refractivity contribution in [2.45, 2.75) is 0 Å². The van der Waals surface area contributed by atoms with Gasteiger partial charge in [0, 0.05) is 55.0 Å². The van der Waals surface area contributed by atoms with Crippen LogP contribution >= 0.6 is 45.2 Å². The number of carboxylic acids is 1. The van der Waals surface area contributed by atoms with Crippen molar-refractivity contribution in [1.82, 2.24) is 0 Å². The Hall–Kier alpha value is 1.59. The summed E-state index contributed by atoms with van der Waals surface area (Å²) in [5.41, 5.74) is -0.0497. The largest absolute Gasteiger partial charge is 0.506 e. The molecule has 0 aliphatic carbocycles. The molecule has 0 aromatic heterocycles. The van der Waals surface area contributed by atoms with Gasteiger partial charge in [0.1, 0.15) is 11.3 Å². The molecule has 0 spiro atoms. The van der Waals surface area contributed by atoms with Gasteiger partial charge in [0.25, 0.3) is 0 Å². The van der Waals surface area contributed by atoms with Gasteiger partial charge >= 0.3 is 5.97 Å². The second-order valence-electron chi connectivity index (χ2n) is 2.09. The molecule has 0 heterocycles. The van der Waals surface area contributed by atoms with Crippen LogP contribution in [0, 0.1) is 7.14 Å². The third kappa shape index (κ3) is 3.91. The van der Waals surface area contributed by atoms with Crippen molar-refractivity contribution in [3.05, 3.63) is 24.8 Å². The van der Waals surface area contributed by atoms with Crippen molar-refractivity contribution in [2.75, 3.05) is 0 Å². The number of aromatic hydroxyl groups is 1. The summed E-state index contributed by atoms with van der Waals surface area (Å²) >= 11 is 3.89. The Kier molecular flexibility index (Phi) is 6.99. The van der Waals surface area contributed by atoms with E-state index in [1.807, 2.05) is 45.2 Å². The van der Waals surface area contributed by atoms with Crippen LogP contribution in [0.1, 0.15) is 10.4 Å². The number of carbonyl (C=O) groups is 1. The quantitative estimate of drug-likeness (QED) is 0.530. The van der Waals surface area contributed by atoms with Crippen LogP contribution in [0.15, 0.2) is 12.1 Å². The predicted molar refractivity (Wildman–Crippen MR) is 66.3 cm³/mol. The summed E-state index contributed by atoms with van der Waals surface area (Å²) in [5, 5.41) is 17.9. The Bertz CT molecular complexity index is 341. The first-order valence-corrected chi connectivity index (χ1v) is 5.09. The number of aromatic carboxylic acids is 1. The van der Waals surface area contributed by atoms with Gasteiger partial charge in [-0.3, -0.25) is 0 Å². The molecular formula is C7H4I2KO3. The van der Waals surface area contributed by atoms with E-state index in [1.165, 1.54) is 6.07 Å². The minimum Gasteiger partial charge on any atom is -0.506 e. The Balaban J connectivity index is 0.00000144. The predicted octanol–water partition coefficient (Wildman–Crippen LogP) is 1.92. The smallest absolute Gasteiger partial charge is 0.339 e. The zero-order valence-electron chi connectivity index (χ0n) is 6.71. The van der Waals surface area contributed by atoms with E-state index in [2.05, 4.69) is 0 Å². The summed E-state index contributed by atoms with van der Waals surface area (Å²) in [4.78, 5) is 10.6. The zero-order chi connectivity index (χ0) is 9.30. The first-order valence-electron chi connectivity index (χ1n) is 2.93. The van der Waals surface area contributed by atoms with E-state index >= 15 is 0 Å². The first-order chi connectivity index (χ1) is 5.52. The fourth-order valence-corrected chi connectivity index (χ4v) is 2.57. The number of hydrogen-bond donors (Lipinski definition) is 2. The van der Waals surface area contributed by atoms with Gasteiger partial charge in [-0.1, -0.05) is 0 Å². The molecule has 1 rings (SSSR count). The van der Waals surface area contributed by atoms with E-state index in [4.69, 9.17) is 5.11 Å². The summed E-state index contributed by atoms with van der Waals surface area (Å²) in [6, 6.07) is 3.14. The molecular weight excluding hydrogens is 425 g/mol. The molecule has 13 heavy (non-hydrogen) atoms. The van der Waals surface area contributed by atoms with Crippen LogP contribution in [0.5, 0.6) is 5.75 Å². The van der Waals surface area contributed by atoms with E-state index in [1.54, 1.807) is 6.07 Å². The monoisotopic (exact) mass is 429 g/mol. The maximum absolute atomic E-state index is 10.6. The molecule has 0 aliphatic rings. The second kappa shape index (κ2) is 6.23. The molecule has 0 amide bonds. The van der Waals surface area contributed by atoms with Crippen molar-refractivity contribution in [1.29, 1.82) is 0 Å². The average molecular weight is 429 g/mol. The van der Waals surface area contributed by atoms with Gasteiger partial charge in [-0.05, 0) is 57.3 Å². The molecule has 1 aromatic rings. The first kappa shape index (κ1) is 14.6. The van der Waals surface area contributed by atoms with Crippen LogP contribution in [-0.2, 0) is 0 Å². The molecule has 65 valence electrons. The summed E-state index contributed by atoms with van der Waals surface area (Å²) in [6.07, 6.45) is 0. The van der Waals surface area contributed by atoms with Crippen molar-refractivity contribution in [2.24, 2.45) is 0 Å². The fourth-order valence-electron chi connectivity index (χ4n) is 0.729. The third-order valence-corrected chi connectivity index (χ3v) is 2.70. The Morgan fingerprint density at radius 2 is 1.85 bits per heavy atom. The molecule has 0 fully saturated rings. The van der Waals surface area contributed by atoms with E-state index in [0.29, 0.717) is 3.57 Å². The molecule has 0 unspecified atom stereocenters. The molecule has 2 N–H and O–H groups in total. The van der Waals surface area contributed by atoms with Gasteiger partial charge in [-0.2, -0.15) is 0 Å². The number of phenols is 1. The molecule has 0 bridgehead atoms. The molecule has 0 atom stereocenters. The van der Waals surface area contributed by atoms with Crippen molar-refractivity contribution in [3.63, 3.8) is 0 Å². The molecule has 3 nitrogen and oxygen atoms in total. The van der Waals surface area contributed by atoms with Gasteiger partial charge in [0.05, 0.1) is 3.57 Å². The standard InChI is InChI=1S/C7H4I2O3.K/c8-3-1-4(7(11)12)6(10)5(9)2-3;/h1-2,10H,(H,11,12);. The van der Waals surface area contributed by atoms with Gasteiger partial charge in [-0.15, -0.1) is 0 Å². The Labute approximate surface area is 145 Å². The molecule has 0 saturated heterocycles. The molecule has 1 aromatic carbocycles. The van der Waals surface area contributed by atoms with Gasteiger partial charge in [0.2, 0.25) is 0 Å². The molecule has 0 saturated carbocycles. The van der Waals surface area contributed by atoms with Gasteiger partial charge < -0.3 is 10.2 Å². The van der Waals surface area contributed by atoms with Crippen LogP contribution < -0.4 is 0 Å².